The Bertz CT molecular complexity index is 624. The minimum absolute atomic E-state index is 0.0508. The average Bonchev–Trinajstić information content (AvgIpc) is 2.23. The fourth-order valence-corrected chi connectivity index (χ4v) is 2.89. The molecule has 1 aromatic heterocycles. The quantitative estimate of drug-likeness (QED) is 0.552. The molecule has 0 spiro atoms. The molecule has 0 aromatic carbocycles. The number of aromatic nitrogens is 1. The highest BCUT2D eigenvalue weighted by Crippen LogP contribution is 2.24. The van der Waals surface area contributed by atoms with Crippen LogP contribution in [0.5, 0.6) is 0 Å². The third-order valence-electron chi connectivity index (χ3n) is 2.16. The summed E-state index contributed by atoms with van der Waals surface area (Å²) >= 11 is 3.16. The molecule has 1 unspecified atom stereocenters. The second kappa shape index (κ2) is 6.29. The Balaban J connectivity index is 2.95. The highest BCUT2D eigenvalue weighted by Gasteiger charge is 2.20. The van der Waals surface area contributed by atoms with Gasteiger partial charge in [-0.05, 0) is 28.4 Å². The standard InChI is InChI=1S/C10H14BrNO5S2/c1-18(13,14)6-5-9(17-19(2,15)16)8-3-4-10(11)12-7-8/h3-4,7,9H,5-6H2,1-2H3. The number of halogens is 1. The number of rotatable bonds is 6. The molecule has 0 aliphatic rings. The van der Waals surface area contributed by atoms with Crippen molar-refractivity contribution in [1.82, 2.24) is 4.98 Å². The van der Waals surface area contributed by atoms with Gasteiger partial charge in [-0.15, -0.1) is 0 Å². The summed E-state index contributed by atoms with van der Waals surface area (Å²) in [7, 11) is -6.88. The Morgan fingerprint density at radius 2 is 1.89 bits per heavy atom. The SMILES string of the molecule is CS(=O)(=O)CCC(OS(C)(=O)=O)c1ccc(Br)nc1. The number of hydrogen-bond donors (Lipinski definition) is 0. The molecule has 6 nitrogen and oxygen atoms in total. The summed E-state index contributed by atoms with van der Waals surface area (Å²) in [5, 5.41) is 0. The van der Waals surface area contributed by atoms with E-state index in [-0.39, 0.29) is 12.2 Å². The maximum Gasteiger partial charge on any atom is 0.264 e. The van der Waals surface area contributed by atoms with Gasteiger partial charge in [0.2, 0.25) is 0 Å². The van der Waals surface area contributed by atoms with E-state index in [9.17, 15) is 16.8 Å². The van der Waals surface area contributed by atoms with E-state index in [1.165, 1.54) is 6.20 Å². The minimum atomic E-state index is -3.68. The van der Waals surface area contributed by atoms with Crippen LogP contribution in [0.3, 0.4) is 0 Å². The van der Waals surface area contributed by atoms with Gasteiger partial charge in [0, 0.05) is 18.0 Å². The maximum atomic E-state index is 11.2. The fourth-order valence-electron chi connectivity index (χ4n) is 1.38. The summed E-state index contributed by atoms with van der Waals surface area (Å²) in [4.78, 5) is 3.97. The summed E-state index contributed by atoms with van der Waals surface area (Å²) in [6.07, 6.45) is 2.65. The van der Waals surface area contributed by atoms with Gasteiger partial charge in [0.25, 0.3) is 10.1 Å². The van der Waals surface area contributed by atoms with Gasteiger partial charge in [-0.25, -0.2) is 13.4 Å². The predicted octanol–water partition coefficient (Wildman–Crippen LogP) is 1.30. The van der Waals surface area contributed by atoms with Gasteiger partial charge < -0.3 is 0 Å². The molecule has 19 heavy (non-hydrogen) atoms. The third kappa shape index (κ3) is 7.00. The third-order valence-corrected chi connectivity index (χ3v) is 4.19. The lowest BCUT2D eigenvalue weighted by Crippen LogP contribution is -2.15. The molecule has 0 radical (unpaired) electrons. The molecule has 1 rings (SSSR count). The summed E-state index contributed by atoms with van der Waals surface area (Å²) in [5.74, 6) is -0.163. The van der Waals surface area contributed by atoms with Crippen LogP contribution in [0.15, 0.2) is 22.9 Å². The first-order valence-corrected chi connectivity index (χ1v) is 9.91. The first-order valence-electron chi connectivity index (χ1n) is 5.24. The molecule has 0 saturated heterocycles. The molecule has 0 aliphatic carbocycles. The highest BCUT2D eigenvalue weighted by atomic mass is 79.9. The van der Waals surface area contributed by atoms with Crippen LogP contribution in [0.1, 0.15) is 18.1 Å². The highest BCUT2D eigenvalue weighted by molar-refractivity contribution is 9.10. The summed E-state index contributed by atoms with van der Waals surface area (Å²) < 4.78 is 50.2. The number of pyridine rings is 1. The number of hydrogen-bond acceptors (Lipinski definition) is 6. The zero-order chi connectivity index (χ0) is 14.7. The molecule has 1 aromatic rings. The van der Waals surface area contributed by atoms with Crippen molar-refractivity contribution in [3.8, 4) is 0 Å². The van der Waals surface area contributed by atoms with Crippen LogP contribution < -0.4 is 0 Å². The molecule has 108 valence electrons. The van der Waals surface area contributed by atoms with Crippen molar-refractivity contribution in [2.45, 2.75) is 12.5 Å². The molecule has 0 aliphatic heterocycles. The second-order valence-corrected chi connectivity index (χ2v) is 8.79. The van der Waals surface area contributed by atoms with Gasteiger partial charge >= 0.3 is 0 Å². The van der Waals surface area contributed by atoms with E-state index < -0.39 is 26.1 Å². The lowest BCUT2D eigenvalue weighted by molar-refractivity contribution is 0.211. The zero-order valence-electron chi connectivity index (χ0n) is 10.4. The van der Waals surface area contributed by atoms with Gasteiger partial charge in [-0.2, -0.15) is 8.42 Å². The molecule has 0 amide bonds. The van der Waals surface area contributed by atoms with Gasteiger partial charge in [-0.1, -0.05) is 6.07 Å². The Kier molecular flexibility index (Phi) is 5.48. The van der Waals surface area contributed by atoms with Gasteiger partial charge in [0.15, 0.2) is 0 Å². The smallest absolute Gasteiger partial charge is 0.262 e. The van der Waals surface area contributed by atoms with E-state index in [0.29, 0.717) is 10.2 Å². The van der Waals surface area contributed by atoms with Crippen molar-refractivity contribution in [1.29, 1.82) is 0 Å². The molecule has 0 bridgehead atoms. The molecule has 1 atom stereocenters. The predicted molar refractivity (Wildman–Crippen MR) is 74.9 cm³/mol. The van der Waals surface area contributed by atoms with Crippen molar-refractivity contribution in [2.75, 3.05) is 18.3 Å². The molecule has 0 fully saturated rings. The lowest BCUT2D eigenvalue weighted by Gasteiger charge is -2.15. The van der Waals surface area contributed by atoms with E-state index in [0.717, 1.165) is 12.5 Å². The summed E-state index contributed by atoms with van der Waals surface area (Å²) in [6, 6.07) is 3.27. The van der Waals surface area contributed by atoms with Crippen LogP contribution >= 0.6 is 15.9 Å². The maximum absolute atomic E-state index is 11.2. The second-order valence-electron chi connectivity index (χ2n) is 4.12. The number of nitrogens with zero attached hydrogens (tertiary/aromatic N) is 1. The summed E-state index contributed by atoms with van der Waals surface area (Å²) in [6.45, 7) is 0. The molecule has 0 N–H and O–H groups in total. The summed E-state index contributed by atoms with van der Waals surface area (Å²) in [5.41, 5.74) is 0.511. The van der Waals surface area contributed by atoms with Crippen LogP contribution in [0.25, 0.3) is 0 Å². The largest absolute Gasteiger partial charge is 0.264 e. The van der Waals surface area contributed by atoms with Gasteiger partial charge in [0.05, 0.1) is 12.0 Å². The number of sulfone groups is 1. The Labute approximate surface area is 121 Å². The average molecular weight is 372 g/mol. The van der Waals surface area contributed by atoms with Crippen molar-refractivity contribution < 1.29 is 21.0 Å². The van der Waals surface area contributed by atoms with Gasteiger partial charge in [0.1, 0.15) is 20.5 Å². The first-order chi connectivity index (χ1) is 8.57. The molecule has 1 heterocycles. The van der Waals surface area contributed by atoms with E-state index in [2.05, 4.69) is 20.9 Å². The molecular formula is C10H14BrNO5S2. The van der Waals surface area contributed by atoms with E-state index in [4.69, 9.17) is 4.18 Å². The van der Waals surface area contributed by atoms with Crippen molar-refractivity contribution >= 4 is 35.9 Å². The van der Waals surface area contributed by atoms with Crippen molar-refractivity contribution in [2.24, 2.45) is 0 Å². The zero-order valence-corrected chi connectivity index (χ0v) is 13.6. The van der Waals surface area contributed by atoms with Crippen molar-refractivity contribution in [3.05, 3.63) is 28.5 Å². The topological polar surface area (TPSA) is 90.4 Å². The fraction of sp³-hybridized carbons (Fsp3) is 0.500. The lowest BCUT2D eigenvalue weighted by atomic mass is 10.1. The molecule has 0 saturated carbocycles. The van der Waals surface area contributed by atoms with Crippen LogP contribution in [-0.2, 0) is 24.1 Å². The normalized spacial score (nSPS) is 14.3. The van der Waals surface area contributed by atoms with Gasteiger partial charge in [-0.3, -0.25) is 4.18 Å². The van der Waals surface area contributed by atoms with Crippen LogP contribution in [0, 0.1) is 0 Å². The van der Waals surface area contributed by atoms with Crippen molar-refractivity contribution in [3.63, 3.8) is 0 Å². The van der Waals surface area contributed by atoms with Crippen LogP contribution in [0.4, 0.5) is 0 Å². The molecular weight excluding hydrogens is 358 g/mol. The van der Waals surface area contributed by atoms with Crippen LogP contribution in [-0.4, -0.2) is 40.1 Å². The first kappa shape index (κ1) is 16.5. The van der Waals surface area contributed by atoms with E-state index >= 15 is 0 Å². The monoisotopic (exact) mass is 371 g/mol. The molecule has 9 heteroatoms. The Hall–Kier alpha value is -0.510. The Morgan fingerprint density at radius 1 is 1.26 bits per heavy atom. The Morgan fingerprint density at radius 3 is 2.32 bits per heavy atom. The van der Waals surface area contributed by atoms with Crippen LogP contribution in [0.2, 0.25) is 0 Å². The van der Waals surface area contributed by atoms with E-state index in [1.807, 2.05) is 0 Å². The minimum Gasteiger partial charge on any atom is -0.262 e. The van der Waals surface area contributed by atoms with E-state index in [1.54, 1.807) is 12.1 Å².